The topological polar surface area (TPSA) is 32.3 Å². The van der Waals surface area contributed by atoms with Crippen LogP contribution in [0.5, 0.6) is 0 Å². The van der Waals surface area contributed by atoms with Gasteiger partial charge in [-0.2, -0.15) is 0 Å². The molecule has 1 aromatic rings. The Morgan fingerprint density at radius 1 is 1.41 bits per heavy atom. The highest BCUT2D eigenvalue weighted by Crippen LogP contribution is 2.26. The Balaban J connectivity index is 1.76. The molecular formula is C17H25BrN2OS. The van der Waals surface area contributed by atoms with Crippen LogP contribution >= 0.6 is 27.7 Å². The van der Waals surface area contributed by atoms with E-state index in [-0.39, 0.29) is 5.91 Å². The molecule has 0 aromatic heterocycles. The van der Waals surface area contributed by atoms with Gasteiger partial charge in [-0.25, -0.2) is 0 Å². The second-order valence-corrected chi connectivity index (χ2v) is 7.76. The molecule has 0 radical (unpaired) electrons. The van der Waals surface area contributed by atoms with Crippen molar-refractivity contribution >= 4 is 33.6 Å². The second-order valence-electron chi connectivity index (χ2n) is 5.83. The number of thioether (sulfide) groups is 1. The molecule has 1 fully saturated rings. The molecule has 0 unspecified atom stereocenters. The Bertz CT molecular complexity index is 501. The molecule has 0 saturated carbocycles. The number of benzene rings is 1. The van der Waals surface area contributed by atoms with Gasteiger partial charge in [0.15, 0.2) is 0 Å². The Morgan fingerprint density at radius 2 is 2.14 bits per heavy atom. The lowest BCUT2D eigenvalue weighted by Crippen LogP contribution is -2.41. The predicted octanol–water partition coefficient (Wildman–Crippen LogP) is 3.70. The van der Waals surface area contributed by atoms with Gasteiger partial charge in [-0.3, -0.25) is 4.79 Å². The van der Waals surface area contributed by atoms with Crippen molar-refractivity contribution in [3.8, 4) is 0 Å². The number of nitrogens with one attached hydrogen (secondary N) is 1. The Kier molecular flexibility index (Phi) is 7.25. The first-order valence-electron chi connectivity index (χ1n) is 7.97. The minimum absolute atomic E-state index is 0.272. The maximum Gasteiger partial charge on any atom is 0.232 e. The van der Waals surface area contributed by atoms with Crippen LogP contribution in [0.1, 0.15) is 25.3 Å². The summed E-state index contributed by atoms with van der Waals surface area (Å²) in [4.78, 5) is 15.6. The van der Waals surface area contributed by atoms with Gasteiger partial charge in [0, 0.05) is 22.5 Å². The number of halogens is 1. The fourth-order valence-electron chi connectivity index (χ4n) is 2.74. The average molecular weight is 385 g/mol. The third-order valence-electron chi connectivity index (χ3n) is 4.14. The summed E-state index contributed by atoms with van der Waals surface area (Å²) in [5.74, 6) is 1.54. The first kappa shape index (κ1) is 17.8. The number of carbonyl (C=O) groups excluding carboxylic acids is 1. The zero-order chi connectivity index (χ0) is 15.9. The van der Waals surface area contributed by atoms with Crippen LogP contribution < -0.4 is 5.32 Å². The first-order valence-corrected chi connectivity index (χ1v) is 9.75. The third kappa shape index (κ3) is 5.28. The molecule has 0 atom stereocenters. The van der Waals surface area contributed by atoms with Crippen molar-refractivity contribution in [3.05, 3.63) is 28.2 Å². The quantitative estimate of drug-likeness (QED) is 0.758. The summed E-state index contributed by atoms with van der Waals surface area (Å²) in [5.41, 5.74) is 1.22. The molecule has 3 nitrogen and oxygen atoms in total. The monoisotopic (exact) mass is 384 g/mol. The summed E-state index contributed by atoms with van der Waals surface area (Å²) in [6.45, 7) is 8.17. The van der Waals surface area contributed by atoms with Crippen LogP contribution in [-0.2, 0) is 4.79 Å². The van der Waals surface area contributed by atoms with E-state index < -0.39 is 0 Å². The lowest BCUT2D eigenvalue weighted by atomic mass is 9.97. The molecule has 1 saturated heterocycles. The molecule has 1 aliphatic heterocycles. The number of piperidine rings is 1. The largest absolute Gasteiger partial charge is 0.342 e. The van der Waals surface area contributed by atoms with Gasteiger partial charge in [-0.15, -0.1) is 11.8 Å². The van der Waals surface area contributed by atoms with Crippen molar-refractivity contribution in [2.24, 2.45) is 5.92 Å². The Hall–Kier alpha value is -0.520. The van der Waals surface area contributed by atoms with Crippen molar-refractivity contribution in [2.45, 2.75) is 31.6 Å². The number of hydrogen-bond acceptors (Lipinski definition) is 3. The summed E-state index contributed by atoms with van der Waals surface area (Å²) in [6.07, 6.45) is 2.25. The van der Waals surface area contributed by atoms with Gasteiger partial charge in [-0.05, 0) is 62.5 Å². The van der Waals surface area contributed by atoms with Gasteiger partial charge in [0.2, 0.25) is 5.91 Å². The maximum atomic E-state index is 12.4. The van der Waals surface area contributed by atoms with Crippen molar-refractivity contribution < 1.29 is 4.79 Å². The molecule has 1 aliphatic rings. The van der Waals surface area contributed by atoms with Crippen molar-refractivity contribution in [3.63, 3.8) is 0 Å². The fraction of sp³-hybridized carbons (Fsp3) is 0.588. The molecule has 22 heavy (non-hydrogen) atoms. The average Bonchev–Trinajstić information content (AvgIpc) is 2.52. The molecule has 1 heterocycles. The summed E-state index contributed by atoms with van der Waals surface area (Å²) in [6, 6.07) is 6.21. The molecule has 2 rings (SSSR count). The van der Waals surface area contributed by atoms with Crippen molar-refractivity contribution in [1.82, 2.24) is 10.2 Å². The zero-order valence-electron chi connectivity index (χ0n) is 13.4. The molecule has 1 aromatic carbocycles. The van der Waals surface area contributed by atoms with Crippen molar-refractivity contribution in [1.29, 1.82) is 0 Å². The minimum Gasteiger partial charge on any atom is -0.342 e. The van der Waals surface area contributed by atoms with Gasteiger partial charge in [0.1, 0.15) is 0 Å². The van der Waals surface area contributed by atoms with E-state index in [1.54, 1.807) is 11.8 Å². The molecule has 1 amide bonds. The number of amides is 1. The van der Waals surface area contributed by atoms with E-state index in [0.29, 0.717) is 5.75 Å². The Labute approximate surface area is 146 Å². The number of nitrogens with zero attached hydrogens (tertiary/aromatic N) is 1. The van der Waals surface area contributed by atoms with Crippen LogP contribution in [0, 0.1) is 12.8 Å². The highest BCUT2D eigenvalue weighted by molar-refractivity contribution is 9.10. The van der Waals surface area contributed by atoms with Gasteiger partial charge in [-0.1, -0.05) is 22.9 Å². The summed E-state index contributed by atoms with van der Waals surface area (Å²) < 4.78 is 1.09. The van der Waals surface area contributed by atoms with E-state index in [1.165, 1.54) is 10.5 Å². The maximum absolute atomic E-state index is 12.4. The van der Waals surface area contributed by atoms with Gasteiger partial charge in [0.05, 0.1) is 5.75 Å². The van der Waals surface area contributed by atoms with E-state index in [9.17, 15) is 4.79 Å². The molecule has 122 valence electrons. The van der Waals surface area contributed by atoms with Crippen molar-refractivity contribution in [2.75, 3.05) is 31.9 Å². The van der Waals surface area contributed by atoms with E-state index in [0.717, 1.165) is 49.4 Å². The zero-order valence-corrected chi connectivity index (χ0v) is 15.8. The number of aryl methyl sites for hydroxylation is 1. The van der Waals surface area contributed by atoms with Gasteiger partial charge in [0.25, 0.3) is 0 Å². The van der Waals surface area contributed by atoms with Crippen LogP contribution in [0.25, 0.3) is 0 Å². The SMILES string of the molecule is CCNCC1CCN(C(=O)CSc2ccc(Br)cc2C)CC1. The lowest BCUT2D eigenvalue weighted by Gasteiger charge is -2.32. The summed E-state index contributed by atoms with van der Waals surface area (Å²) >= 11 is 5.12. The second kappa shape index (κ2) is 8.94. The molecule has 5 heteroatoms. The van der Waals surface area contributed by atoms with Gasteiger partial charge < -0.3 is 10.2 Å². The lowest BCUT2D eigenvalue weighted by molar-refractivity contribution is -0.129. The van der Waals surface area contributed by atoms with Crippen LogP contribution in [0.3, 0.4) is 0 Å². The summed E-state index contributed by atoms with van der Waals surface area (Å²) in [7, 11) is 0. The molecule has 0 bridgehead atoms. The standard InChI is InChI=1S/C17H25BrN2OS/c1-3-19-11-14-6-8-20(9-7-14)17(21)12-22-16-5-4-15(18)10-13(16)2/h4-5,10,14,19H,3,6-9,11-12H2,1-2H3. The smallest absolute Gasteiger partial charge is 0.232 e. The van der Waals surface area contributed by atoms with E-state index in [2.05, 4.69) is 47.2 Å². The van der Waals surface area contributed by atoms with Crippen LogP contribution in [0.4, 0.5) is 0 Å². The molecule has 0 aliphatic carbocycles. The highest BCUT2D eigenvalue weighted by atomic mass is 79.9. The molecular weight excluding hydrogens is 360 g/mol. The molecule has 0 spiro atoms. The minimum atomic E-state index is 0.272. The molecule has 1 N–H and O–H groups in total. The van der Waals surface area contributed by atoms with Crippen LogP contribution in [-0.4, -0.2) is 42.7 Å². The van der Waals surface area contributed by atoms with E-state index in [1.807, 2.05) is 11.0 Å². The number of likely N-dealkylation sites (tertiary alicyclic amines) is 1. The number of rotatable bonds is 6. The first-order chi connectivity index (χ1) is 10.6. The van der Waals surface area contributed by atoms with E-state index >= 15 is 0 Å². The van der Waals surface area contributed by atoms with Crippen LogP contribution in [0.2, 0.25) is 0 Å². The Morgan fingerprint density at radius 3 is 2.77 bits per heavy atom. The highest BCUT2D eigenvalue weighted by Gasteiger charge is 2.22. The fourth-order valence-corrected chi connectivity index (χ4v) is 4.13. The third-order valence-corrected chi connectivity index (χ3v) is 5.79. The predicted molar refractivity (Wildman–Crippen MR) is 97.5 cm³/mol. The normalized spacial score (nSPS) is 16.0. The van der Waals surface area contributed by atoms with E-state index in [4.69, 9.17) is 0 Å². The summed E-state index contributed by atoms with van der Waals surface area (Å²) in [5, 5.41) is 3.41. The number of carbonyl (C=O) groups is 1. The number of hydrogen-bond donors (Lipinski definition) is 1. The van der Waals surface area contributed by atoms with Gasteiger partial charge >= 0.3 is 0 Å². The van der Waals surface area contributed by atoms with Crippen LogP contribution in [0.15, 0.2) is 27.6 Å².